The number of ether oxygens (including phenoxy) is 1. The summed E-state index contributed by atoms with van der Waals surface area (Å²) in [6.07, 6.45) is 0.279. The third kappa shape index (κ3) is 2.09. The fraction of sp³-hybridized carbons (Fsp3) is 0.200. The Balaban J connectivity index is 2.18. The largest absolute Gasteiger partial charge is 0.487 e. The summed E-state index contributed by atoms with van der Waals surface area (Å²) >= 11 is 6.13. The van der Waals surface area contributed by atoms with Gasteiger partial charge in [0.1, 0.15) is 17.7 Å². The molecule has 0 spiro atoms. The Kier molecular flexibility index (Phi) is 3.17. The van der Waals surface area contributed by atoms with Gasteiger partial charge in [-0.1, -0.05) is 35.9 Å². The zero-order valence-electron chi connectivity index (χ0n) is 10.1. The van der Waals surface area contributed by atoms with E-state index in [1.807, 2.05) is 0 Å². The molecule has 2 aromatic carbocycles. The van der Waals surface area contributed by atoms with Gasteiger partial charge in [-0.05, 0) is 17.7 Å². The average molecular weight is 279 g/mol. The van der Waals surface area contributed by atoms with Crippen molar-refractivity contribution >= 4 is 11.6 Å². The van der Waals surface area contributed by atoms with Gasteiger partial charge in [-0.2, -0.15) is 0 Å². The Labute approximate surface area is 115 Å². The third-order valence-corrected chi connectivity index (χ3v) is 3.60. The fourth-order valence-corrected chi connectivity index (χ4v) is 2.60. The first-order valence-corrected chi connectivity index (χ1v) is 6.42. The first kappa shape index (κ1) is 12.5. The summed E-state index contributed by atoms with van der Waals surface area (Å²) in [5, 5.41) is 9.66. The molecular formula is C15H12ClFO2. The molecule has 1 N–H and O–H groups in total. The van der Waals surface area contributed by atoms with Crippen LogP contribution in [0.3, 0.4) is 0 Å². The first-order valence-electron chi connectivity index (χ1n) is 6.04. The Morgan fingerprint density at radius 2 is 2.05 bits per heavy atom. The molecule has 1 aliphatic heterocycles. The Hall–Kier alpha value is -1.58. The summed E-state index contributed by atoms with van der Waals surface area (Å²) in [6, 6.07) is 10.2. The van der Waals surface area contributed by atoms with Gasteiger partial charge in [0.25, 0.3) is 0 Å². The predicted molar refractivity (Wildman–Crippen MR) is 72.1 cm³/mol. The Morgan fingerprint density at radius 3 is 2.79 bits per heavy atom. The lowest BCUT2D eigenvalue weighted by Gasteiger charge is -2.12. The lowest BCUT2D eigenvalue weighted by Crippen LogP contribution is -2.17. The molecule has 1 unspecified atom stereocenters. The summed E-state index contributed by atoms with van der Waals surface area (Å²) in [6.45, 7) is -0.0851. The normalized spacial score (nSPS) is 17.1. The number of aliphatic hydroxyl groups excluding tert-OH is 1. The molecule has 2 nitrogen and oxygen atoms in total. The number of benzene rings is 2. The number of aliphatic hydroxyl groups is 1. The molecule has 0 fully saturated rings. The second kappa shape index (κ2) is 4.83. The van der Waals surface area contributed by atoms with Crippen molar-refractivity contribution in [2.24, 2.45) is 0 Å². The molecule has 1 atom stereocenters. The first-order chi connectivity index (χ1) is 9.20. The lowest BCUT2D eigenvalue weighted by atomic mass is 10.00. The molecule has 0 amide bonds. The molecule has 0 saturated heterocycles. The molecule has 0 bridgehead atoms. The molecule has 0 radical (unpaired) electrons. The minimum Gasteiger partial charge on any atom is -0.487 e. The van der Waals surface area contributed by atoms with Crippen LogP contribution in [0.25, 0.3) is 11.1 Å². The van der Waals surface area contributed by atoms with Gasteiger partial charge in [0.15, 0.2) is 0 Å². The van der Waals surface area contributed by atoms with Crippen LogP contribution >= 0.6 is 11.6 Å². The second-order valence-corrected chi connectivity index (χ2v) is 4.92. The molecule has 0 saturated carbocycles. The number of halogens is 2. The van der Waals surface area contributed by atoms with E-state index in [2.05, 4.69) is 0 Å². The molecule has 98 valence electrons. The van der Waals surface area contributed by atoms with Crippen molar-refractivity contribution in [1.82, 2.24) is 0 Å². The summed E-state index contributed by atoms with van der Waals surface area (Å²) in [5.41, 5.74) is 1.88. The third-order valence-electron chi connectivity index (χ3n) is 3.27. The van der Waals surface area contributed by atoms with E-state index in [9.17, 15) is 9.50 Å². The highest BCUT2D eigenvalue weighted by molar-refractivity contribution is 6.33. The van der Waals surface area contributed by atoms with Crippen molar-refractivity contribution in [3.05, 3.63) is 52.8 Å². The SMILES string of the molecule is OCC1Cc2ccc(F)c(-c3ccccc3Cl)c2O1. The van der Waals surface area contributed by atoms with Crippen LogP contribution in [0.4, 0.5) is 4.39 Å². The minimum absolute atomic E-state index is 0.0851. The maximum Gasteiger partial charge on any atom is 0.134 e. The smallest absolute Gasteiger partial charge is 0.134 e. The van der Waals surface area contributed by atoms with Gasteiger partial charge < -0.3 is 9.84 Å². The predicted octanol–water partition coefficient (Wildman–Crippen LogP) is 3.44. The topological polar surface area (TPSA) is 29.5 Å². The van der Waals surface area contributed by atoms with Crippen molar-refractivity contribution in [1.29, 1.82) is 0 Å². The zero-order valence-corrected chi connectivity index (χ0v) is 10.8. The second-order valence-electron chi connectivity index (χ2n) is 4.52. The van der Waals surface area contributed by atoms with E-state index in [-0.39, 0.29) is 18.5 Å². The van der Waals surface area contributed by atoms with Crippen molar-refractivity contribution in [3.8, 4) is 16.9 Å². The molecule has 1 aliphatic rings. The van der Waals surface area contributed by atoms with E-state index in [0.717, 1.165) is 5.56 Å². The van der Waals surface area contributed by atoms with E-state index in [1.54, 1.807) is 30.3 Å². The van der Waals surface area contributed by atoms with Gasteiger partial charge >= 0.3 is 0 Å². The molecular weight excluding hydrogens is 267 g/mol. The van der Waals surface area contributed by atoms with Crippen LogP contribution in [-0.4, -0.2) is 17.8 Å². The Bertz CT molecular complexity index is 628. The number of hydrogen-bond donors (Lipinski definition) is 1. The summed E-state index contributed by atoms with van der Waals surface area (Å²) < 4.78 is 19.8. The van der Waals surface area contributed by atoms with Crippen LogP contribution in [0, 0.1) is 5.82 Å². The van der Waals surface area contributed by atoms with Crippen molar-refractivity contribution < 1.29 is 14.2 Å². The van der Waals surface area contributed by atoms with Crippen LogP contribution < -0.4 is 4.74 Å². The van der Waals surface area contributed by atoms with E-state index < -0.39 is 0 Å². The molecule has 0 aromatic heterocycles. The molecule has 19 heavy (non-hydrogen) atoms. The van der Waals surface area contributed by atoms with Gasteiger partial charge in [-0.3, -0.25) is 0 Å². The van der Waals surface area contributed by atoms with Gasteiger partial charge in [-0.15, -0.1) is 0 Å². The average Bonchev–Trinajstić information content (AvgIpc) is 2.83. The van der Waals surface area contributed by atoms with E-state index in [4.69, 9.17) is 16.3 Å². The van der Waals surface area contributed by atoms with E-state index >= 15 is 0 Å². The van der Waals surface area contributed by atoms with Gasteiger partial charge in [-0.25, -0.2) is 4.39 Å². The highest BCUT2D eigenvalue weighted by Crippen LogP contribution is 2.42. The van der Waals surface area contributed by atoms with Crippen LogP contribution in [0.15, 0.2) is 36.4 Å². The van der Waals surface area contributed by atoms with Crippen LogP contribution in [-0.2, 0) is 6.42 Å². The molecule has 3 rings (SSSR count). The highest BCUT2D eigenvalue weighted by atomic mass is 35.5. The van der Waals surface area contributed by atoms with Crippen molar-refractivity contribution in [2.75, 3.05) is 6.61 Å². The maximum atomic E-state index is 14.1. The van der Waals surface area contributed by atoms with Crippen LogP contribution in [0.2, 0.25) is 5.02 Å². The molecule has 1 heterocycles. The summed E-state index contributed by atoms with van der Waals surface area (Å²) in [4.78, 5) is 0. The highest BCUT2D eigenvalue weighted by Gasteiger charge is 2.28. The standard InChI is InChI=1S/C15H12ClFO2/c16-12-4-2-1-3-11(12)14-13(17)6-5-9-7-10(8-18)19-15(9)14/h1-6,10,18H,7-8H2. The van der Waals surface area contributed by atoms with Gasteiger partial charge in [0, 0.05) is 17.0 Å². The number of fused-ring (bicyclic) bond motifs is 1. The molecule has 4 heteroatoms. The minimum atomic E-state index is -0.370. The lowest BCUT2D eigenvalue weighted by molar-refractivity contribution is 0.135. The maximum absolute atomic E-state index is 14.1. The van der Waals surface area contributed by atoms with Crippen LogP contribution in [0.5, 0.6) is 5.75 Å². The van der Waals surface area contributed by atoms with Crippen molar-refractivity contribution in [3.63, 3.8) is 0 Å². The van der Waals surface area contributed by atoms with Crippen LogP contribution in [0.1, 0.15) is 5.56 Å². The number of hydrogen-bond acceptors (Lipinski definition) is 2. The van der Waals surface area contributed by atoms with E-state index in [0.29, 0.717) is 28.3 Å². The molecule has 2 aromatic rings. The van der Waals surface area contributed by atoms with Gasteiger partial charge in [0.2, 0.25) is 0 Å². The van der Waals surface area contributed by atoms with E-state index in [1.165, 1.54) is 6.07 Å². The Morgan fingerprint density at radius 1 is 1.26 bits per heavy atom. The molecule has 0 aliphatic carbocycles. The summed E-state index contributed by atoms with van der Waals surface area (Å²) in [7, 11) is 0. The zero-order chi connectivity index (χ0) is 13.4. The summed E-state index contributed by atoms with van der Waals surface area (Å²) in [5.74, 6) is 0.123. The quantitative estimate of drug-likeness (QED) is 0.912. The monoisotopic (exact) mass is 278 g/mol. The fourth-order valence-electron chi connectivity index (χ4n) is 2.37. The number of rotatable bonds is 2. The van der Waals surface area contributed by atoms with Crippen molar-refractivity contribution in [2.45, 2.75) is 12.5 Å². The van der Waals surface area contributed by atoms with Gasteiger partial charge in [0.05, 0.1) is 12.2 Å².